The van der Waals surface area contributed by atoms with Crippen LogP contribution >= 0.6 is 0 Å². The fraction of sp³-hybridized carbons (Fsp3) is 0.259. The highest BCUT2D eigenvalue weighted by Gasteiger charge is 2.25. The van der Waals surface area contributed by atoms with Crippen LogP contribution < -0.4 is 4.74 Å². The molecule has 1 aromatic heterocycles. The average molecular weight is 490 g/mol. The van der Waals surface area contributed by atoms with E-state index in [0.717, 1.165) is 39.3 Å². The van der Waals surface area contributed by atoms with Gasteiger partial charge in [-0.15, -0.1) is 0 Å². The van der Waals surface area contributed by atoms with E-state index in [9.17, 15) is 13.2 Å². The molecule has 4 aromatic rings. The summed E-state index contributed by atoms with van der Waals surface area (Å²) in [6.45, 7) is 6.70. The van der Waals surface area contributed by atoms with Gasteiger partial charge in [-0.3, -0.25) is 4.79 Å². The van der Waals surface area contributed by atoms with Crippen LogP contribution in [0.3, 0.4) is 0 Å². The van der Waals surface area contributed by atoms with Crippen molar-refractivity contribution in [2.75, 3.05) is 19.4 Å². The van der Waals surface area contributed by atoms with Gasteiger partial charge in [0.25, 0.3) is 5.91 Å². The summed E-state index contributed by atoms with van der Waals surface area (Å²) in [4.78, 5) is 23.3. The fourth-order valence-electron chi connectivity index (χ4n) is 4.66. The maximum atomic E-state index is 13.5. The lowest BCUT2D eigenvalue weighted by atomic mass is 10.0. The van der Waals surface area contributed by atoms with E-state index >= 15 is 0 Å². The van der Waals surface area contributed by atoms with E-state index in [1.165, 1.54) is 12.3 Å². The van der Waals surface area contributed by atoms with E-state index in [0.29, 0.717) is 36.4 Å². The van der Waals surface area contributed by atoms with Gasteiger partial charge in [0, 0.05) is 23.9 Å². The molecule has 0 radical (unpaired) electrons. The molecule has 0 spiro atoms. The molecule has 1 amide bonds. The van der Waals surface area contributed by atoms with Crippen molar-refractivity contribution >= 4 is 26.8 Å². The number of carbonyl (C=O) groups excluding carboxylic acids is 1. The SMILES string of the molecule is Cc1nc2ccc(-c3ccc4c(c3)CN(C(=O)c3ccc(S(C)(=O)=O)c(C)c3C)CCO4)cc2[nH]1. The van der Waals surface area contributed by atoms with Crippen molar-refractivity contribution in [2.24, 2.45) is 0 Å². The van der Waals surface area contributed by atoms with Gasteiger partial charge in [0.1, 0.15) is 18.2 Å². The first-order valence-electron chi connectivity index (χ1n) is 11.4. The molecule has 1 N–H and O–H groups in total. The lowest BCUT2D eigenvalue weighted by Gasteiger charge is -2.22. The standard InChI is InChI=1S/C27H27N3O4S/c1-16-17(2)26(35(4,32)33)10-7-22(16)27(31)30-11-12-34-25-9-6-19(13-21(25)15-30)20-5-8-23-24(14-20)29-18(3)28-23/h5-10,13-14H,11-12,15H2,1-4H3,(H,28,29). The van der Waals surface area contributed by atoms with E-state index in [1.807, 2.05) is 31.2 Å². The maximum Gasteiger partial charge on any atom is 0.254 e. The molecule has 2 heterocycles. The van der Waals surface area contributed by atoms with Crippen LogP contribution in [0.15, 0.2) is 53.4 Å². The summed E-state index contributed by atoms with van der Waals surface area (Å²) in [7, 11) is -3.36. The highest BCUT2D eigenvalue weighted by Crippen LogP contribution is 2.31. The second-order valence-corrected chi connectivity index (χ2v) is 11.1. The highest BCUT2D eigenvalue weighted by molar-refractivity contribution is 7.90. The number of H-pyrrole nitrogens is 1. The van der Waals surface area contributed by atoms with Crippen LogP contribution in [0.5, 0.6) is 5.75 Å². The normalized spacial score (nSPS) is 13.9. The Morgan fingerprint density at radius 2 is 1.74 bits per heavy atom. The number of nitrogens with zero attached hydrogens (tertiary/aromatic N) is 2. The highest BCUT2D eigenvalue weighted by atomic mass is 32.2. The van der Waals surface area contributed by atoms with Crippen molar-refractivity contribution < 1.29 is 17.9 Å². The van der Waals surface area contributed by atoms with Gasteiger partial charge in [-0.05, 0) is 79.4 Å². The molecular formula is C27H27N3O4S. The van der Waals surface area contributed by atoms with E-state index < -0.39 is 9.84 Å². The third-order valence-electron chi connectivity index (χ3n) is 6.63. The molecular weight excluding hydrogens is 462 g/mol. The Bertz CT molecular complexity index is 1590. The number of sulfone groups is 1. The quantitative estimate of drug-likeness (QED) is 0.454. The first-order valence-corrected chi connectivity index (χ1v) is 13.3. The van der Waals surface area contributed by atoms with Crippen LogP contribution in [0.25, 0.3) is 22.2 Å². The number of aryl methyl sites for hydroxylation is 1. The topological polar surface area (TPSA) is 92.4 Å². The molecule has 180 valence electrons. The number of imidazole rings is 1. The summed E-state index contributed by atoms with van der Waals surface area (Å²) in [5.41, 5.74) is 6.71. The van der Waals surface area contributed by atoms with Gasteiger partial charge in [-0.25, -0.2) is 13.4 Å². The van der Waals surface area contributed by atoms with E-state index in [-0.39, 0.29) is 10.8 Å². The number of aromatic amines is 1. The summed E-state index contributed by atoms with van der Waals surface area (Å²) in [5, 5.41) is 0. The molecule has 0 fully saturated rings. The van der Waals surface area contributed by atoms with Crippen molar-refractivity contribution in [1.82, 2.24) is 14.9 Å². The molecule has 0 atom stereocenters. The van der Waals surface area contributed by atoms with E-state index in [4.69, 9.17) is 4.74 Å². The molecule has 35 heavy (non-hydrogen) atoms. The number of benzene rings is 3. The number of aromatic nitrogens is 2. The lowest BCUT2D eigenvalue weighted by Crippen LogP contribution is -2.33. The second kappa shape index (κ2) is 8.53. The summed E-state index contributed by atoms with van der Waals surface area (Å²) in [6, 6.07) is 15.3. The van der Waals surface area contributed by atoms with Crippen LogP contribution in [0.4, 0.5) is 0 Å². The summed E-state index contributed by atoms with van der Waals surface area (Å²) in [6.07, 6.45) is 1.18. The number of nitrogens with one attached hydrogen (secondary N) is 1. The Labute approximate surface area is 204 Å². The number of rotatable bonds is 3. The molecule has 0 saturated carbocycles. The molecule has 0 aliphatic carbocycles. The summed E-state index contributed by atoms with van der Waals surface area (Å²) in [5.74, 6) is 1.50. The van der Waals surface area contributed by atoms with Crippen LogP contribution in [0, 0.1) is 20.8 Å². The minimum atomic E-state index is -3.36. The molecule has 5 rings (SSSR count). The van der Waals surface area contributed by atoms with Crippen molar-refractivity contribution in [3.05, 3.63) is 76.6 Å². The third kappa shape index (κ3) is 4.30. The molecule has 7 nitrogen and oxygen atoms in total. The first-order chi connectivity index (χ1) is 16.6. The van der Waals surface area contributed by atoms with Crippen molar-refractivity contribution in [2.45, 2.75) is 32.2 Å². The average Bonchev–Trinajstić information content (AvgIpc) is 3.04. The smallest absolute Gasteiger partial charge is 0.254 e. The molecule has 1 aliphatic heterocycles. The Kier molecular flexibility index (Phi) is 5.63. The van der Waals surface area contributed by atoms with Crippen LogP contribution in [-0.2, 0) is 16.4 Å². The Morgan fingerprint density at radius 3 is 2.51 bits per heavy atom. The Balaban J connectivity index is 1.47. The van der Waals surface area contributed by atoms with Gasteiger partial charge in [-0.2, -0.15) is 0 Å². The largest absolute Gasteiger partial charge is 0.491 e. The Hall–Kier alpha value is -3.65. The fourth-order valence-corrected chi connectivity index (χ4v) is 5.69. The van der Waals surface area contributed by atoms with Crippen molar-refractivity contribution in [1.29, 1.82) is 0 Å². The zero-order chi connectivity index (χ0) is 24.9. The predicted molar refractivity (Wildman–Crippen MR) is 136 cm³/mol. The summed E-state index contributed by atoms with van der Waals surface area (Å²) < 4.78 is 30.1. The minimum absolute atomic E-state index is 0.137. The third-order valence-corrected chi connectivity index (χ3v) is 7.87. The van der Waals surface area contributed by atoms with E-state index in [2.05, 4.69) is 22.1 Å². The van der Waals surface area contributed by atoms with Gasteiger partial charge >= 0.3 is 0 Å². The van der Waals surface area contributed by atoms with E-state index in [1.54, 1.807) is 24.8 Å². The van der Waals surface area contributed by atoms with Crippen molar-refractivity contribution in [3.63, 3.8) is 0 Å². The van der Waals surface area contributed by atoms with Gasteiger partial charge in [0.05, 0.1) is 22.5 Å². The van der Waals surface area contributed by atoms with Crippen molar-refractivity contribution in [3.8, 4) is 16.9 Å². The zero-order valence-electron chi connectivity index (χ0n) is 20.2. The van der Waals surface area contributed by atoms with Crippen LogP contribution in [0.2, 0.25) is 0 Å². The molecule has 0 unspecified atom stereocenters. The van der Waals surface area contributed by atoms with Gasteiger partial charge in [0.2, 0.25) is 0 Å². The molecule has 0 bridgehead atoms. The van der Waals surface area contributed by atoms with Crippen LogP contribution in [-0.4, -0.2) is 48.6 Å². The van der Waals surface area contributed by atoms with Gasteiger partial charge in [-0.1, -0.05) is 12.1 Å². The minimum Gasteiger partial charge on any atom is -0.491 e. The predicted octanol–water partition coefficient (Wildman–Crippen LogP) is 4.59. The van der Waals surface area contributed by atoms with Gasteiger partial charge in [0.15, 0.2) is 9.84 Å². The molecule has 0 saturated heterocycles. The Morgan fingerprint density at radius 1 is 1.00 bits per heavy atom. The monoisotopic (exact) mass is 489 g/mol. The number of ether oxygens (including phenoxy) is 1. The van der Waals surface area contributed by atoms with Crippen LogP contribution in [0.1, 0.15) is 32.9 Å². The number of amides is 1. The molecule has 8 heteroatoms. The number of hydrogen-bond donors (Lipinski definition) is 1. The molecule has 1 aliphatic rings. The maximum absolute atomic E-state index is 13.5. The number of hydrogen-bond acceptors (Lipinski definition) is 5. The number of carbonyl (C=O) groups is 1. The summed E-state index contributed by atoms with van der Waals surface area (Å²) >= 11 is 0. The number of fused-ring (bicyclic) bond motifs is 2. The molecule has 3 aromatic carbocycles. The first kappa shape index (κ1) is 23.1. The zero-order valence-corrected chi connectivity index (χ0v) is 21.0. The second-order valence-electron chi connectivity index (χ2n) is 9.09. The lowest BCUT2D eigenvalue weighted by molar-refractivity contribution is 0.0732. The van der Waals surface area contributed by atoms with Gasteiger partial charge < -0.3 is 14.6 Å².